The molecule has 0 bridgehead atoms. The number of ether oxygens (including phenoxy) is 1. The Morgan fingerprint density at radius 1 is 0.970 bits per heavy atom. The molecule has 0 aliphatic rings. The van der Waals surface area contributed by atoms with E-state index in [9.17, 15) is 4.79 Å². The van der Waals surface area contributed by atoms with Crippen LogP contribution in [0.3, 0.4) is 0 Å². The van der Waals surface area contributed by atoms with Crippen molar-refractivity contribution in [1.29, 1.82) is 0 Å². The highest BCUT2D eigenvalue weighted by Gasteiger charge is 2.10. The number of rotatable bonds is 7. The van der Waals surface area contributed by atoms with Crippen molar-refractivity contribution in [3.8, 4) is 5.75 Å². The van der Waals surface area contributed by atoms with Crippen molar-refractivity contribution < 1.29 is 9.53 Å². The lowest BCUT2D eigenvalue weighted by atomic mass is 10.1. The number of aryl methyl sites for hydroxylation is 3. The average molecular weight is 460 g/mol. The molecule has 0 unspecified atom stereocenters. The number of hydrogen-bond donors (Lipinski definition) is 1. The molecule has 1 heterocycles. The predicted octanol–water partition coefficient (Wildman–Crippen LogP) is 6.34. The number of halogens is 1. The summed E-state index contributed by atoms with van der Waals surface area (Å²) >= 11 is 6.22. The van der Waals surface area contributed by atoms with Crippen molar-refractivity contribution >= 4 is 23.3 Å². The molecule has 33 heavy (non-hydrogen) atoms. The van der Waals surface area contributed by atoms with E-state index in [1.54, 1.807) is 18.2 Å². The van der Waals surface area contributed by atoms with Crippen molar-refractivity contribution in [2.45, 2.75) is 33.9 Å². The molecule has 0 radical (unpaired) electrons. The summed E-state index contributed by atoms with van der Waals surface area (Å²) in [6.45, 7) is 7.06. The molecule has 1 amide bonds. The van der Waals surface area contributed by atoms with Gasteiger partial charge in [-0.05, 0) is 72.9 Å². The molecule has 3 aromatic carbocycles. The lowest BCUT2D eigenvalue weighted by Gasteiger charge is -2.10. The van der Waals surface area contributed by atoms with Gasteiger partial charge < -0.3 is 10.1 Å². The third kappa shape index (κ3) is 5.62. The predicted molar refractivity (Wildman–Crippen MR) is 132 cm³/mol. The zero-order valence-corrected chi connectivity index (χ0v) is 19.7. The maximum atomic E-state index is 12.6. The number of nitrogens with one attached hydrogen (secondary N) is 1. The second-order valence-electron chi connectivity index (χ2n) is 8.14. The molecule has 4 aromatic rings. The first-order chi connectivity index (χ1) is 15.9. The van der Waals surface area contributed by atoms with Crippen LogP contribution in [0.1, 0.15) is 38.2 Å². The normalized spacial score (nSPS) is 10.8. The van der Waals surface area contributed by atoms with E-state index in [2.05, 4.69) is 29.5 Å². The van der Waals surface area contributed by atoms with Gasteiger partial charge in [0, 0.05) is 22.8 Å². The molecule has 0 aliphatic heterocycles. The minimum absolute atomic E-state index is 0.201. The molecular formula is C27H26ClN3O2. The highest BCUT2D eigenvalue weighted by Crippen LogP contribution is 2.26. The van der Waals surface area contributed by atoms with E-state index in [0.29, 0.717) is 24.5 Å². The molecule has 1 aromatic heterocycles. The number of nitrogens with zero attached hydrogens (tertiary/aromatic N) is 2. The van der Waals surface area contributed by atoms with Crippen LogP contribution in [0.5, 0.6) is 5.75 Å². The Kier molecular flexibility index (Phi) is 6.80. The Labute approximate surface area is 199 Å². The summed E-state index contributed by atoms with van der Waals surface area (Å²) < 4.78 is 7.71. The molecule has 0 saturated carbocycles. The molecule has 4 rings (SSSR count). The molecule has 0 saturated heterocycles. The fourth-order valence-corrected chi connectivity index (χ4v) is 3.68. The van der Waals surface area contributed by atoms with Gasteiger partial charge in [0.15, 0.2) is 5.82 Å². The van der Waals surface area contributed by atoms with E-state index in [0.717, 1.165) is 27.5 Å². The van der Waals surface area contributed by atoms with Crippen LogP contribution in [-0.2, 0) is 13.2 Å². The average Bonchev–Trinajstić information content (AvgIpc) is 3.24. The number of carbonyl (C=O) groups excluding carboxylic acids is 1. The Morgan fingerprint density at radius 3 is 2.36 bits per heavy atom. The van der Waals surface area contributed by atoms with Crippen molar-refractivity contribution in [3.63, 3.8) is 0 Å². The highest BCUT2D eigenvalue weighted by atomic mass is 35.5. The van der Waals surface area contributed by atoms with Crippen LogP contribution >= 0.6 is 11.6 Å². The van der Waals surface area contributed by atoms with Gasteiger partial charge in [-0.2, -0.15) is 5.10 Å². The third-order valence-electron chi connectivity index (χ3n) is 5.51. The minimum atomic E-state index is -0.201. The van der Waals surface area contributed by atoms with E-state index >= 15 is 0 Å². The first kappa shape index (κ1) is 22.6. The second kappa shape index (κ2) is 9.92. The van der Waals surface area contributed by atoms with Crippen molar-refractivity contribution in [3.05, 3.63) is 111 Å². The van der Waals surface area contributed by atoms with Crippen LogP contribution in [-0.4, -0.2) is 15.7 Å². The summed E-state index contributed by atoms with van der Waals surface area (Å²) in [5.41, 5.74) is 5.91. The molecular weight excluding hydrogens is 434 g/mol. The van der Waals surface area contributed by atoms with E-state index in [-0.39, 0.29) is 5.91 Å². The lowest BCUT2D eigenvalue weighted by Crippen LogP contribution is -2.13. The Balaban J connectivity index is 1.34. The van der Waals surface area contributed by atoms with Crippen LogP contribution in [0.15, 0.2) is 72.9 Å². The highest BCUT2D eigenvalue weighted by molar-refractivity contribution is 6.32. The number of hydrogen-bond acceptors (Lipinski definition) is 3. The SMILES string of the molecule is Cc1ccccc1Cn1ccc(NC(=O)c2ccc(COc3cc(C)c(Cl)c(C)c3)cc2)n1. The van der Waals surface area contributed by atoms with Crippen molar-refractivity contribution in [1.82, 2.24) is 9.78 Å². The van der Waals surface area contributed by atoms with Crippen LogP contribution in [0.4, 0.5) is 5.82 Å². The summed E-state index contributed by atoms with van der Waals surface area (Å²) in [4.78, 5) is 12.6. The molecule has 6 heteroatoms. The fourth-order valence-electron chi connectivity index (χ4n) is 3.58. The van der Waals surface area contributed by atoms with Gasteiger partial charge >= 0.3 is 0 Å². The number of aromatic nitrogens is 2. The smallest absolute Gasteiger partial charge is 0.256 e. The maximum Gasteiger partial charge on any atom is 0.256 e. The molecule has 5 nitrogen and oxygen atoms in total. The Hall–Kier alpha value is -3.57. The first-order valence-corrected chi connectivity index (χ1v) is 11.1. The summed E-state index contributed by atoms with van der Waals surface area (Å²) in [5, 5.41) is 8.09. The maximum absolute atomic E-state index is 12.6. The van der Waals surface area contributed by atoms with Gasteiger partial charge in [-0.15, -0.1) is 0 Å². The van der Waals surface area contributed by atoms with Crippen molar-refractivity contribution in [2.75, 3.05) is 5.32 Å². The van der Waals surface area contributed by atoms with Gasteiger partial charge in [-0.1, -0.05) is 48.0 Å². The van der Waals surface area contributed by atoms with E-state index in [1.807, 2.05) is 61.1 Å². The van der Waals surface area contributed by atoms with Gasteiger partial charge in [-0.25, -0.2) is 0 Å². The first-order valence-electron chi connectivity index (χ1n) is 10.8. The topological polar surface area (TPSA) is 56.2 Å². The third-order valence-corrected chi connectivity index (χ3v) is 6.10. The number of amides is 1. The molecule has 0 atom stereocenters. The molecule has 0 aliphatic carbocycles. The molecule has 168 valence electrons. The van der Waals surface area contributed by atoms with Gasteiger partial charge in [0.25, 0.3) is 5.91 Å². The van der Waals surface area contributed by atoms with Gasteiger partial charge in [0.1, 0.15) is 12.4 Å². The van der Waals surface area contributed by atoms with Gasteiger partial charge in [0.2, 0.25) is 0 Å². The zero-order chi connectivity index (χ0) is 23.4. The number of anilines is 1. The summed E-state index contributed by atoms with van der Waals surface area (Å²) in [7, 11) is 0. The largest absolute Gasteiger partial charge is 0.489 e. The van der Waals surface area contributed by atoms with Crippen LogP contribution in [0.2, 0.25) is 5.02 Å². The molecule has 0 spiro atoms. The Morgan fingerprint density at radius 2 is 1.67 bits per heavy atom. The fraction of sp³-hybridized carbons (Fsp3) is 0.185. The Bertz CT molecular complexity index is 1260. The van der Waals surface area contributed by atoms with Gasteiger partial charge in [0.05, 0.1) is 6.54 Å². The van der Waals surface area contributed by atoms with E-state index < -0.39 is 0 Å². The van der Waals surface area contributed by atoms with Crippen molar-refractivity contribution in [2.24, 2.45) is 0 Å². The number of carbonyl (C=O) groups is 1. The number of benzene rings is 3. The van der Waals surface area contributed by atoms with E-state index in [1.165, 1.54) is 11.1 Å². The van der Waals surface area contributed by atoms with Crippen LogP contribution in [0.25, 0.3) is 0 Å². The lowest BCUT2D eigenvalue weighted by molar-refractivity contribution is 0.102. The summed E-state index contributed by atoms with van der Waals surface area (Å²) in [5.74, 6) is 1.10. The zero-order valence-electron chi connectivity index (χ0n) is 18.9. The second-order valence-corrected chi connectivity index (χ2v) is 8.51. The minimum Gasteiger partial charge on any atom is -0.489 e. The van der Waals surface area contributed by atoms with Crippen LogP contribution in [0, 0.1) is 20.8 Å². The van der Waals surface area contributed by atoms with Crippen LogP contribution < -0.4 is 10.1 Å². The monoisotopic (exact) mass is 459 g/mol. The van der Waals surface area contributed by atoms with E-state index in [4.69, 9.17) is 16.3 Å². The summed E-state index contributed by atoms with van der Waals surface area (Å²) in [6.07, 6.45) is 1.86. The van der Waals surface area contributed by atoms with Gasteiger partial charge in [-0.3, -0.25) is 9.48 Å². The summed E-state index contributed by atoms with van der Waals surface area (Å²) in [6, 6.07) is 21.2. The quantitative estimate of drug-likeness (QED) is 0.350. The molecule has 1 N–H and O–H groups in total. The molecule has 0 fully saturated rings. The standard InChI is InChI=1S/C27H26ClN3O2/c1-18-6-4-5-7-23(18)16-31-13-12-25(30-31)29-27(32)22-10-8-21(9-11-22)17-33-24-14-19(2)26(28)20(3)15-24/h4-15H,16-17H2,1-3H3,(H,29,30,32).